The maximum absolute atomic E-state index is 13.3. The average Bonchev–Trinajstić information content (AvgIpc) is 2.76. The molecule has 0 atom stereocenters. The molecule has 0 saturated heterocycles. The molecule has 0 aliphatic heterocycles. The van der Waals surface area contributed by atoms with Gasteiger partial charge in [0, 0.05) is 12.1 Å². The van der Waals surface area contributed by atoms with Crippen LogP contribution in [0.3, 0.4) is 0 Å². The van der Waals surface area contributed by atoms with Gasteiger partial charge in [-0.3, -0.25) is 4.79 Å². The summed E-state index contributed by atoms with van der Waals surface area (Å²) in [4.78, 5) is 11.5. The lowest BCUT2D eigenvalue weighted by atomic mass is 10.2. The highest BCUT2D eigenvalue weighted by Gasteiger charge is 2.16. The number of nitrogens with one attached hydrogen (secondary N) is 1. The highest BCUT2D eigenvalue weighted by molar-refractivity contribution is 5.95. The van der Waals surface area contributed by atoms with Gasteiger partial charge in [0.05, 0.1) is 0 Å². The predicted octanol–water partition coefficient (Wildman–Crippen LogP) is 0.860. The number of nitrogen functional groups attached to an aromatic ring is 1. The number of amides is 1. The van der Waals surface area contributed by atoms with Gasteiger partial charge in [0.25, 0.3) is 5.91 Å². The van der Waals surface area contributed by atoms with Crippen LogP contribution in [-0.2, 0) is 6.54 Å². The van der Waals surface area contributed by atoms with E-state index >= 15 is 0 Å². The fraction of sp³-hybridized carbons (Fsp3) is 0.100. The maximum atomic E-state index is 13.3. The molecular weight excluding hydrogens is 246 g/mol. The van der Waals surface area contributed by atoms with Gasteiger partial charge in [0.2, 0.25) is 11.5 Å². The smallest absolute Gasteiger partial charge is 0.277 e. The van der Waals surface area contributed by atoms with Crippen molar-refractivity contribution in [2.45, 2.75) is 6.54 Å². The van der Waals surface area contributed by atoms with E-state index in [0.717, 1.165) is 18.2 Å². The fourth-order valence-corrected chi connectivity index (χ4v) is 1.29. The normalized spacial score (nSPS) is 10.3. The summed E-state index contributed by atoms with van der Waals surface area (Å²) >= 11 is 0. The van der Waals surface area contributed by atoms with Crippen LogP contribution in [0, 0.1) is 11.6 Å². The molecule has 2 rings (SSSR count). The van der Waals surface area contributed by atoms with Crippen LogP contribution in [-0.4, -0.2) is 16.2 Å². The number of benzene rings is 1. The Bertz CT molecular complexity index is 585. The zero-order valence-corrected chi connectivity index (χ0v) is 8.98. The van der Waals surface area contributed by atoms with Gasteiger partial charge in [0.1, 0.15) is 11.6 Å². The van der Waals surface area contributed by atoms with E-state index in [1.165, 1.54) is 0 Å². The van der Waals surface area contributed by atoms with Gasteiger partial charge >= 0.3 is 0 Å². The zero-order chi connectivity index (χ0) is 13.1. The Morgan fingerprint density at radius 1 is 1.39 bits per heavy atom. The van der Waals surface area contributed by atoms with E-state index in [1.807, 2.05) is 0 Å². The summed E-state index contributed by atoms with van der Waals surface area (Å²) in [6.07, 6.45) is 0. The van der Waals surface area contributed by atoms with Crippen LogP contribution in [0.15, 0.2) is 22.8 Å². The molecule has 0 fully saturated rings. The molecule has 0 spiro atoms. The third kappa shape index (κ3) is 2.42. The number of hydrogen-bond donors (Lipinski definition) is 2. The van der Waals surface area contributed by atoms with Crippen LogP contribution in [0.1, 0.15) is 16.1 Å². The molecular formula is C10H8F2N4O2. The third-order valence-corrected chi connectivity index (χ3v) is 2.18. The number of anilines is 1. The zero-order valence-electron chi connectivity index (χ0n) is 8.98. The molecule has 18 heavy (non-hydrogen) atoms. The van der Waals surface area contributed by atoms with E-state index in [0.29, 0.717) is 0 Å². The van der Waals surface area contributed by atoms with Gasteiger partial charge in [-0.1, -0.05) is 0 Å². The topological polar surface area (TPSA) is 94.0 Å². The Hall–Kier alpha value is -2.51. The summed E-state index contributed by atoms with van der Waals surface area (Å²) in [5.41, 5.74) is 5.11. The minimum Gasteiger partial charge on any atom is -0.379 e. The molecule has 2 aromatic rings. The molecule has 0 unspecified atom stereocenters. The Labute approximate surface area is 99.7 Å². The second-order valence-corrected chi connectivity index (χ2v) is 3.42. The van der Waals surface area contributed by atoms with Crippen molar-refractivity contribution in [3.8, 4) is 0 Å². The van der Waals surface area contributed by atoms with Crippen LogP contribution >= 0.6 is 0 Å². The lowest BCUT2D eigenvalue weighted by Gasteiger charge is -2.04. The standard InChI is InChI=1S/C10H8F2N4O2/c11-6-1-2-7(12)5(3-6)4-14-10(17)8-9(13)16-18-15-8/h1-3H,4H2,(H2,13,16)(H,14,17). The number of carbonyl (C=O) groups excluding carboxylic acids is 1. The van der Waals surface area contributed by atoms with E-state index in [1.54, 1.807) is 0 Å². The van der Waals surface area contributed by atoms with E-state index in [-0.39, 0.29) is 23.6 Å². The van der Waals surface area contributed by atoms with Gasteiger partial charge in [-0.2, -0.15) is 0 Å². The van der Waals surface area contributed by atoms with Crippen LogP contribution < -0.4 is 11.1 Å². The van der Waals surface area contributed by atoms with Gasteiger partial charge in [-0.15, -0.1) is 0 Å². The third-order valence-electron chi connectivity index (χ3n) is 2.18. The minimum absolute atomic E-state index is 0.0124. The quantitative estimate of drug-likeness (QED) is 0.847. The van der Waals surface area contributed by atoms with Crippen molar-refractivity contribution in [2.24, 2.45) is 0 Å². The van der Waals surface area contributed by atoms with Crippen molar-refractivity contribution in [3.05, 3.63) is 41.1 Å². The van der Waals surface area contributed by atoms with Gasteiger partial charge in [-0.25, -0.2) is 13.4 Å². The predicted molar refractivity (Wildman–Crippen MR) is 56.2 cm³/mol. The molecule has 6 nitrogen and oxygen atoms in total. The molecule has 3 N–H and O–H groups in total. The molecule has 0 aliphatic rings. The van der Waals surface area contributed by atoms with Crippen LogP contribution in [0.4, 0.5) is 14.6 Å². The van der Waals surface area contributed by atoms with Gasteiger partial charge in [0.15, 0.2) is 0 Å². The molecule has 1 heterocycles. The number of carbonyl (C=O) groups is 1. The van der Waals surface area contributed by atoms with Crippen molar-refractivity contribution in [1.82, 2.24) is 15.6 Å². The Morgan fingerprint density at radius 2 is 2.17 bits per heavy atom. The molecule has 94 valence electrons. The summed E-state index contributed by atoms with van der Waals surface area (Å²) in [5.74, 6) is -2.07. The molecule has 1 amide bonds. The second kappa shape index (κ2) is 4.78. The first-order chi connectivity index (χ1) is 8.58. The fourth-order valence-electron chi connectivity index (χ4n) is 1.29. The van der Waals surface area contributed by atoms with E-state index in [4.69, 9.17) is 5.73 Å². The maximum Gasteiger partial charge on any atom is 0.277 e. The Kier molecular flexibility index (Phi) is 3.18. The molecule has 0 bridgehead atoms. The molecule has 1 aromatic carbocycles. The van der Waals surface area contributed by atoms with Crippen molar-refractivity contribution in [3.63, 3.8) is 0 Å². The summed E-state index contributed by atoms with van der Waals surface area (Å²) < 4.78 is 30.4. The first-order valence-corrected chi connectivity index (χ1v) is 4.88. The number of nitrogens with zero attached hydrogens (tertiary/aromatic N) is 2. The minimum atomic E-state index is -0.683. The first kappa shape index (κ1) is 12.0. The van der Waals surface area contributed by atoms with Crippen molar-refractivity contribution >= 4 is 11.7 Å². The second-order valence-electron chi connectivity index (χ2n) is 3.42. The average molecular weight is 254 g/mol. The molecule has 8 heteroatoms. The number of halogens is 2. The number of rotatable bonds is 3. The van der Waals surface area contributed by atoms with Crippen LogP contribution in [0.2, 0.25) is 0 Å². The first-order valence-electron chi connectivity index (χ1n) is 4.88. The van der Waals surface area contributed by atoms with Crippen LogP contribution in [0.5, 0.6) is 0 Å². The van der Waals surface area contributed by atoms with E-state index in [9.17, 15) is 13.6 Å². The summed E-state index contributed by atoms with van der Waals surface area (Å²) in [6, 6.07) is 2.95. The van der Waals surface area contributed by atoms with E-state index in [2.05, 4.69) is 20.3 Å². The molecule has 0 saturated carbocycles. The summed E-state index contributed by atoms with van der Waals surface area (Å²) in [7, 11) is 0. The monoisotopic (exact) mass is 254 g/mol. The number of hydrogen-bond acceptors (Lipinski definition) is 5. The lowest BCUT2D eigenvalue weighted by molar-refractivity contribution is 0.0941. The summed E-state index contributed by atoms with van der Waals surface area (Å²) in [5, 5.41) is 8.82. The highest BCUT2D eigenvalue weighted by atomic mass is 19.1. The highest BCUT2D eigenvalue weighted by Crippen LogP contribution is 2.10. The molecule has 0 aliphatic carbocycles. The van der Waals surface area contributed by atoms with Crippen molar-refractivity contribution < 1.29 is 18.2 Å². The summed E-state index contributed by atoms with van der Waals surface area (Å²) in [6.45, 7) is -0.200. The molecule has 1 aromatic heterocycles. The van der Waals surface area contributed by atoms with Crippen molar-refractivity contribution in [1.29, 1.82) is 0 Å². The molecule has 0 radical (unpaired) electrons. The lowest BCUT2D eigenvalue weighted by Crippen LogP contribution is -2.24. The van der Waals surface area contributed by atoms with Gasteiger partial charge < -0.3 is 11.1 Å². The Morgan fingerprint density at radius 3 is 2.83 bits per heavy atom. The largest absolute Gasteiger partial charge is 0.379 e. The number of aromatic nitrogens is 2. The van der Waals surface area contributed by atoms with Crippen molar-refractivity contribution in [2.75, 3.05) is 5.73 Å². The Balaban J connectivity index is 2.06. The van der Waals surface area contributed by atoms with Crippen LogP contribution in [0.25, 0.3) is 0 Å². The van der Waals surface area contributed by atoms with Gasteiger partial charge in [-0.05, 0) is 28.5 Å². The van der Waals surface area contributed by atoms with E-state index < -0.39 is 17.5 Å². The SMILES string of the molecule is Nc1nonc1C(=O)NCc1cc(F)ccc1F. The number of nitrogens with two attached hydrogens (primary N) is 1.